The van der Waals surface area contributed by atoms with Crippen molar-refractivity contribution in [3.8, 4) is 0 Å². The van der Waals surface area contributed by atoms with Gasteiger partial charge < -0.3 is 0 Å². The molecule has 1 aliphatic rings. The zero-order valence-corrected chi connectivity index (χ0v) is 9.59. The summed E-state index contributed by atoms with van der Waals surface area (Å²) in [5, 5.41) is 0.242. The molecule has 1 heteroatoms. The molecule has 0 unspecified atom stereocenters. The lowest BCUT2D eigenvalue weighted by Crippen LogP contribution is -2.39. The Morgan fingerprint density at radius 1 is 1.00 bits per heavy atom. The van der Waals surface area contributed by atoms with Crippen LogP contribution in [0.5, 0.6) is 0 Å². The molecule has 0 N–H and O–H groups in total. The molecule has 0 atom stereocenters. The normalized spacial score (nSPS) is 22.3. The SMILES string of the molecule is CC1(C)[B]CC(C)(C)c2ccccc21. The van der Waals surface area contributed by atoms with Gasteiger partial charge in [0.05, 0.1) is 0 Å². The summed E-state index contributed by atoms with van der Waals surface area (Å²) in [7, 11) is 2.45. The Labute approximate surface area is 88.0 Å². The third-order valence-corrected chi connectivity index (χ3v) is 3.47. The molecule has 0 bridgehead atoms. The van der Waals surface area contributed by atoms with Crippen LogP contribution in [0.15, 0.2) is 24.3 Å². The molecule has 1 aromatic rings. The van der Waals surface area contributed by atoms with E-state index in [1.54, 1.807) is 0 Å². The van der Waals surface area contributed by atoms with E-state index in [0.29, 0.717) is 5.41 Å². The fourth-order valence-electron chi connectivity index (χ4n) is 2.37. The molecular formula is C13H18B. The summed E-state index contributed by atoms with van der Waals surface area (Å²) in [6, 6.07) is 8.86. The van der Waals surface area contributed by atoms with Gasteiger partial charge in [0.1, 0.15) is 7.28 Å². The first kappa shape index (κ1) is 9.83. The standard InChI is InChI=1S/C13H18B/c1-12(2)9-14-13(3,4)11-8-6-5-7-10(11)12/h5-8H,9H2,1-4H3. The summed E-state index contributed by atoms with van der Waals surface area (Å²) in [4.78, 5) is 0. The van der Waals surface area contributed by atoms with Crippen molar-refractivity contribution in [1.82, 2.24) is 0 Å². The van der Waals surface area contributed by atoms with Crippen LogP contribution in [-0.4, -0.2) is 7.28 Å². The van der Waals surface area contributed by atoms with Crippen LogP contribution in [0.2, 0.25) is 6.32 Å². The predicted octanol–water partition coefficient (Wildman–Crippen LogP) is 3.34. The van der Waals surface area contributed by atoms with Gasteiger partial charge in [0.15, 0.2) is 0 Å². The van der Waals surface area contributed by atoms with Crippen molar-refractivity contribution in [3.05, 3.63) is 35.4 Å². The topological polar surface area (TPSA) is 0 Å². The van der Waals surface area contributed by atoms with Crippen molar-refractivity contribution in [1.29, 1.82) is 0 Å². The molecule has 2 rings (SSSR count). The van der Waals surface area contributed by atoms with E-state index in [-0.39, 0.29) is 5.31 Å². The van der Waals surface area contributed by atoms with Crippen molar-refractivity contribution >= 4 is 7.28 Å². The van der Waals surface area contributed by atoms with Gasteiger partial charge in [-0.25, -0.2) is 0 Å². The average Bonchev–Trinajstić information content (AvgIpc) is 2.14. The van der Waals surface area contributed by atoms with E-state index < -0.39 is 0 Å². The molecule has 0 fully saturated rings. The Bertz CT molecular complexity index is 315. The lowest BCUT2D eigenvalue weighted by atomic mass is 9.41. The molecule has 14 heavy (non-hydrogen) atoms. The molecular weight excluding hydrogens is 167 g/mol. The highest BCUT2D eigenvalue weighted by atomic mass is 14.3. The van der Waals surface area contributed by atoms with Crippen molar-refractivity contribution in [2.45, 2.75) is 44.7 Å². The zero-order valence-electron chi connectivity index (χ0n) is 9.59. The van der Waals surface area contributed by atoms with Crippen LogP contribution in [0.1, 0.15) is 38.8 Å². The molecule has 1 aromatic carbocycles. The summed E-state index contributed by atoms with van der Waals surface area (Å²) in [6.45, 7) is 9.28. The van der Waals surface area contributed by atoms with Crippen LogP contribution in [-0.2, 0) is 10.7 Å². The first-order chi connectivity index (χ1) is 6.43. The molecule has 0 saturated heterocycles. The number of rotatable bonds is 0. The highest BCUT2D eigenvalue weighted by molar-refractivity contribution is 6.41. The van der Waals surface area contributed by atoms with Crippen LogP contribution < -0.4 is 0 Å². The van der Waals surface area contributed by atoms with Gasteiger partial charge in [-0.1, -0.05) is 58.3 Å². The van der Waals surface area contributed by atoms with Crippen molar-refractivity contribution < 1.29 is 0 Å². The van der Waals surface area contributed by atoms with E-state index in [2.05, 4.69) is 59.2 Å². The zero-order chi connectivity index (χ0) is 10.4. The first-order valence-corrected chi connectivity index (χ1v) is 5.38. The van der Waals surface area contributed by atoms with Gasteiger partial charge in [-0.2, -0.15) is 0 Å². The van der Waals surface area contributed by atoms with Crippen molar-refractivity contribution in [2.75, 3.05) is 0 Å². The highest BCUT2D eigenvalue weighted by Crippen LogP contribution is 2.41. The minimum absolute atomic E-state index is 0.242. The van der Waals surface area contributed by atoms with Gasteiger partial charge in [-0.05, 0) is 21.9 Å². The number of hydrogen-bond donors (Lipinski definition) is 0. The molecule has 0 nitrogen and oxygen atoms in total. The first-order valence-electron chi connectivity index (χ1n) is 5.38. The predicted molar refractivity (Wildman–Crippen MR) is 63.1 cm³/mol. The van der Waals surface area contributed by atoms with Crippen molar-refractivity contribution in [2.24, 2.45) is 0 Å². The summed E-state index contributed by atoms with van der Waals surface area (Å²) in [6.07, 6.45) is 1.18. The van der Waals surface area contributed by atoms with Gasteiger partial charge in [0, 0.05) is 0 Å². The highest BCUT2D eigenvalue weighted by Gasteiger charge is 2.36. The molecule has 0 spiro atoms. The Hall–Kier alpha value is -0.715. The second kappa shape index (κ2) is 2.89. The Morgan fingerprint density at radius 3 is 2.14 bits per heavy atom. The number of benzene rings is 1. The average molecular weight is 185 g/mol. The lowest BCUT2D eigenvalue weighted by Gasteiger charge is -2.41. The molecule has 1 radical (unpaired) electrons. The molecule has 73 valence electrons. The Morgan fingerprint density at radius 2 is 1.57 bits per heavy atom. The molecule has 0 saturated carbocycles. The minimum Gasteiger partial charge on any atom is -0.0701 e. The molecule has 0 aliphatic carbocycles. The summed E-state index contributed by atoms with van der Waals surface area (Å²) in [5.41, 5.74) is 3.33. The van der Waals surface area contributed by atoms with E-state index in [4.69, 9.17) is 0 Å². The van der Waals surface area contributed by atoms with Crippen molar-refractivity contribution in [3.63, 3.8) is 0 Å². The smallest absolute Gasteiger partial charge is 0.0701 e. The second-order valence-electron chi connectivity index (χ2n) is 5.56. The van der Waals surface area contributed by atoms with E-state index in [1.807, 2.05) is 0 Å². The van der Waals surface area contributed by atoms with Crippen LogP contribution in [0.4, 0.5) is 0 Å². The monoisotopic (exact) mass is 185 g/mol. The van der Waals surface area contributed by atoms with E-state index in [0.717, 1.165) is 0 Å². The maximum atomic E-state index is 2.45. The van der Waals surface area contributed by atoms with Gasteiger partial charge in [-0.3, -0.25) is 0 Å². The van der Waals surface area contributed by atoms with Crippen LogP contribution >= 0.6 is 0 Å². The van der Waals surface area contributed by atoms with Gasteiger partial charge in [0.25, 0.3) is 0 Å². The van der Waals surface area contributed by atoms with E-state index >= 15 is 0 Å². The van der Waals surface area contributed by atoms with Gasteiger partial charge in [0.2, 0.25) is 0 Å². The summed E-state index contributed by atoms with van der Waals surface area (Å²) < 4.78 is 0. The third kappa shape index (κ3) is 1.39. The minimum atomic E-state index is 0.242. The van der Waals surface area contributed by atoms with Gasteiger partial charge >= 0.3 is 0 Å². The quantitative estimate of drug-likeness (QED) is 0.544. The molecule has 0 aromatic heterocycles. The Balaban J connectivity index is 2.61. The second-order valence-corrected chi connectivity index (χ2v) is 5.56. The molecule has 0 amide bonds. The van der Waals surface area contributed by atoms with Crippen LogP contribution in [0, 0.1) is 0 Å². The summed E-state index contributed by atoms with van der Waals surface area (Å²) >= 11 is 0. The third-order valence-electron chi connectivity index (χ3n) is 3.47. The Kier molecular flexibility index (Phi) is 2.03. The fourth-order valence-corrected chi connectivity index (χ4v) is 2.37. The fraction of sp³-hybridized carbons (Fsp3) is 0.538. The molecule has 1 heterocycles. The van der Waals surface area contributed by atoms with E-state index in [9.17, 15) is 0 Å². The van der Waals surface area contributed by atoms with Gasteiger partial charge in [-0.15, -0.1) is 0 Å². The van der Waals surface area contributed by atoms with E-state index in [1.165, 1.54) is 17.4 Å². The lowest BCUT2D eigenvalue weighted by molar-refractivity contribution is 0.533. The van der Waals surface area contributed by atoms with Crippen LogP contribution in [0.25, 0.3) is 0 Å². The molecule has 1 aliphatic heterocycles. The number of hydrogen-bond acceptors (Lipinski definition) is 0. The summed E-state index contributed by atoms with van der Waals surface area (Å²) in [5.74, 6) is 0. The maximum absolute atomic E-state index is 2.45. The van der Waals surface area contributed by atoms with Crippen LogP contribution in [0.3, 0.4) is 0 Å². The number of fused-ring (bicyclic) bond motifs is 1. The maximum Gasteiger partial charge on any atom is 0.124 e. The largest absolute Gasteiger partial charge is 0.124 e.